The van der Waals surface area contributed by atoms with Crippen molar-refractivity contribution in [2.45, 2.75) is 12.6 Å². The number of nitrogens with zero attached hydrogens (tertiary/aromatic N) is 4. The van der Waals surface area contributed by atoms with Gasteiger partial charge in [0.25, 0.3) is 11.5 Å². The zero-order valence-electron chi connectivity index (χ0n) is 16.3. The Kier molecular flexibility index (Phi) is 5.64. The molecule has 0 radical (unpaired) electrons. The molecule has 1 aromatic carbocycles. The van der Waals surface area contributed by atoms with Crippen LogP contribution in [0.2, 0.25) is 0 Å². The first-order chi connectivity index (χ1) is 13.7. The Labute approximate surface area is 166 Å². The molecule has 0 aliphatic carbocycles. The van der Waals surface area contributed by atoms with Crippen LogP contribution in [0.3, 0.4) is 0 Å². The van der Waals surface area contributed by atoms with Gasteiger partial charge in [-0.25, -0.2) is 9.37 Å². The van der Waals surface area contributed by atoms with Crippen molar-refractivity contribution in [2.24, 2.45) is 7.05 Å². The zero-order chi connectivity index (χ0) is 21.3. The van der Waals surface area contributed by atoms with Crippen LogP contribution >= 0.6 is 0 Å². The Morgan fingerprint density at radius 2 is 1.90 bits per heavy atom. The van der Waals surface area contributed by atoms with Crippen LogP contribution in [0.1, 0.15) is 27.9 Å². The number of piperazine rings is 1. The van der Waals surface area contributed by atoms with E-state index in [4.69, 9.17) is 0 Å². The van der Waals surface area contributed by atoms with Crippen molar-refractivity contribution in [3.8, 4) is 5.75 Å². The molecule has 1 saturated heterocycles. The van der Waals surface area contributed by atoms with E-state index in [0.717, 1.165) is 0 Å². The molecule has 1 aromatic heterocycles. The van der Waals surface area contributed by atoms with Gasteiger partial charge in [-0.1, -0.05) is 12.1 Å². The van der Waals surface area contributed by atoms with Gasteiger partial charge in [0.15, 0.2) is 5.69 Å². The number of rotatable bonds is 4. The number of aromatic hydroxyl groups is 1. The number of halogens is 1. The normalized spacial score (nSPS) is 17.4. The number of aromatic nitrogens is 2. The summed E-state index contributed by atoms with van der Waals surface area (Å²) in [6, 6.07) is 5.15. The standard InChI is InChI=1S/C19H22FN5O4/c1-23-10-14(26)24(2)9-13(23)17-22-15(16(27)19(29)25(17)3)18(28)21-8-11-4-6-12(20)7-5-11/h4-7,13,27H,8-10H2,1-3H3,(H,21,28). The highest BCUT2D eigenvalue weighted by Crippen LogP contribution is 2.23. The topological polar surface area (TPSA) is 108 Å². The van der Waals surface area contributed by atoms with Crippen LogP contribution in [0.25, 0.3) is 0 Å². The first-order valence-electron chi connectivity index (χ1n) is 8.95. The van der Waals surface area contributed by atoms with E-state index in [9.17, 15) is 23.9 Å². The SMILES string of the molecule is CN1CC(c2nc(C(=O)NCc3ccc(F)cc3)c(O)c(=O)n2C)N(C)CC1=O. The van der Waals surface area contributed by atoms with E-state index in [0.29, 0.717) is 5.56 Å². The van der Waals surface area contributed by atoms with Crippen LogP contribution in [0.15, 0.2) is 29.1 Å². The lowest BCUT2D eigenvalue weighted by atomic mass is 10.1. The predicted molar refractivity (Wildman–Crippen MR) is 102 cm³/mol. The molecule has 1 fully saturated rings. The van der Waals surface area contributed by atoms with Crippen molar-refractivity contribution in [1.29, 1.82) is 0 Å². The molecule has 1 unspecified atom stereocenters. The van der Waals surface area contributed by atoms with Gasteiger partial charge in [-0.3, -0.25) is 23.9 Å². The molecule has 9 nitrogen and oxygen atoms in total. The Morgan fingerprint density at radius 3 is 2.55 bits per heavy atom. The van der Waals surface area contributed by atoms with Gasteiger partial charge >= 0.3 is 0 Å². The van der Waals surface area contributed by atoms with Gasteiger partial charge in [0.1, 0.15) is 11.6 Å². The number of benzene rings is 1. The molecule has 0 spiro atoms. The van der Waals surface area contributed by atoms with Gasteiger partial charge in [-0.15, -0.1) is 0 Å². The molecule has 1 aliphatic rings. The number of nitrogens with one attached hydrogen (secondary N) is 1. The van der Waals surface area contributed by atoms with E-state index in [-0.39, 0.29) is 31.4 Å². The molecule has 3 rings (SSSR count). The molecular formula is C19H22FN5O4. The Morgan fingerprint density at radius 1 is 1.24 bits per heavy atom. The highest BCUT2D eigenvalue weighted by Gasteiger charge is 2.33. The van der Waals surface area contributed by atoms with Crippen LogP contribution < -0.4 is 10.9 Å². The van der Waals surface area contributed by atoms with Crippen molar-refractivity contribution in [2.75, 3.05) is 27.2 Å². The second-order valence-electron chi connectivity index (χ2n) is 7.05. The van der Waals surface area contributed by atoms with E-state index in [2.05, 4.69) is 10.3 Å². The number of hydrogen-bond donors (Lipinski definition) is 2. The molecule has 2 N–H and O–H groups in total. The van der Waals surface area contributed by atoms with Crippen molar-refractivity contribution in [3.05, 3.63) is 57.5 Å². The highest BCUT2D eigenvalue weighted by atomic mass is 19.1. The Balaban J connectivity index is 1.89. The maximum Gasteiger partial charge on any atom is 0.296 e. The minimum atomic E-state index is -0.755. The van der Waals surface area contributed by atoms with E-state index < -0.39 is 34.8 Å². The Bertz CT molecular complexity index is 1000. The summed E-state index contributed by atoms with van der Waals surface area (Å²) >= 11 is 0. The summed E-state index contributed by atoms with van der Waals surface area (Å²) in [5.41, 5.74) is -0.497. The summed E-state index contributed by atoms with van der Waals surface area (Å²) in [7, 11) is 4.83. The first-order valence-corrected chi connectivity index (χ1v) is 8.95. The molecule has 10 heteroatoms. The number of carbonyl (C=O) groups excluding carboxylic acids is 2. The molecule has 154 valence electrons. The predicted octanol–water partition coefficient (Wildman–Crippen LogP) is -0.000100. The van der Waals surface area contributed by atoms with Crippen molar-refractivity contribution >= 4 is 11.8 Å². The third kappa shape index (κ3) is 4.11. The van der Waals surface area contributed by atoms with Gasteiger partial charge in [0.05, 0.1) is 12.6 Å². The lowest BCUT2D eigenvalue weighted by Crippen LogP contribution is -2.50. The summed E-state index contributed by atoms with van der Waals surface area (Å²) in [5.74, 6) is -1.67. The molecule has 1 aliphatic heterocycles. The minimum Gasteiger partial charge on any atom is -0.501 e. The monoisotopic (exact) mass is 403 g/mol. The highest BCUT2D eigenvalue weighted by molar-refractivity contribution is 5.94. The fourth-order valence-corrected chi connectivity index (χ4v) is 3.15. The summed E-state index contributed by atoms with van der Waals surface area (Å²) in [6.07, 6.45) is 0. The summed E-state index contributed by atoms with van der Waals surface area (Å²) < 4.78 is 14.2. The van der Waals surface area contributed by atoms with E-state index in [1.54, 1.807) is 19.0 Å². The molecule has 2 heterocycles. The van der Waals surface area contributed by atoms with Gasteiger partial charge in [0, 0.05) is 27.2 Å². The van der Waals surface area contributed by atoms with E-state index in [1.165, 1.54) is 40.8 Å². The number of hydrogen-bond acceptors (Lipinski definition) is 6. The molecule has 2 aromatic rings. The fourth-order valence-electron chi connectivity index (χ4n) is 3.15. The van der Waals surface area contributed by atoms with Crippen LogP contribution in [-0.4, -0.2) is 63.5 Å². The Hall–Kier alpha value is -3.27. The molecule has 29 heavy (non-hydrogen) atoms. The first kappa shape index (κ1) is 20.5. The molecule has 0 saturated carbocycles. The van der Waals surface area contributed by atoms with Gasteiger partial charge in [-0.2, -0.15) is 0 Å². The van der Waals surface area contributed by atoms with Crippen LogP contribution in [-0.2, 0) is 18.4 Å². The largest absolute Gasteiger partial charge is 0.501 e. The molecule has 0 bridgehead atoms. The van der Waals surface area contributed by atoms with Crippen LogP contribution in [0, 0.1) is 5.82 Å². The third-order valence-electron chi connectivity index (χ3n) is 4.97. The molecule has 1 atom stereocenters. The smallest absolute Gasteiger partial charge is 0.296 e. The lowest BCUT2D eigenvalue weighted by Gasteiger charge is -2.37. The number of carbonyl (C=O) groups is 2. The van der Waals surface area contributed by atoms with Crippen LogP contribution in [0.5, 0.6) is 5.75 Å². The summed E-state index contributed by atoms with van der Waals surface area (Å²) in [4.78, 5) is 44.4. The average molecular weight is 403 g/mol. The summed E-state index contributed by atoms with van der Waals surface area (Å²) in [6.45, 7) is 0.506. The van der Waals surface area contributed by atoms with E-state index >= 15 is 0 Å². The van der Waals surface area contributed by atoms with Gasteiger partial charge in [-0.05, 0) is 24.7 Å². The lowest BCUT2D eigenvalue weighted by molar-refractivity contribution is -0.136. The average Bonchev–Trinajstić information content (AvgIpc) is 2.69. The maximum atomic E-state index is 13.0. The van der Waals surface area contributed by atoms with E-state index in [1.807, 2.05) is 0 Å². The fraction of sp³-hybridized carbons (Fsp3) is 0.368. The van der Waals surface area contributed by atoms with Crippen molar-refractivity contribution < 1.29 is 19.1 Å². The quantitative estimate of drug-likeness (QED) is 0.744. The van der Waals surface area contributed by atoms with Crippen LogP contribution in [0.4, 0.5) is 4.39 Å². The number of amides is 2. The maximum absolute atomic E-state index is 13.0. The second-order valence-corrected chi connectivity index (χ2v) is 7.05. The van der Waals surface area contributed by atoms with Crippen molar-refractivity contribution in [3.63, 3.8) is 0 Å². The molecular weight excluding hydrogens is 381 g/mol. The third-order valence-corrected chi connectivity index (χ3v) is 4.97. The van der Waals surface area contributed by atoms with Gasteiger partial charge < -0.3 is 15.3 Å². The zero-order valence-corrected chi connectivity index (χ0v) is 16.3. The second kappa shape index (κ2) is 8.00. The van der Waals surface area contributed by atoms with Gasteiger partial charge in [0.2, 0.25) is 11.7 Å². The van der Waals surface area contributed by atoms with Crippen molar-refractivity contribution in [1.82, 2.24) is 24.7 Å². The minimum absolute atomic E-state index is 0.0650. The molecule has 2 amide bonds. The summed E-state index contributed by atoms with van der Waals surface area (Å²) in [5, 5.41) is 12.8. The number of likely N-dealkylation sites (N-methyl/N-ethyl adjacent to an activating group) is 2.